The van der Waals surface area contributed by atoms with Crippen LogP contribution in [-0.2, 0) is 0 Å². The first kappa shape index (κ1) is 11.7. The van der Waals surface area contributed by atoms with E-state index in [9.17, 15) is 8.78 Å². The van der Waals surface area contributed by atoms with Gasteiger partial charge in [0.05, 0.1) is 5.92 Å². The van der Waals surface area contributed by atoms with Crippen molar-refractivity contribution in [1.82, 2.24) is 9.36 Å². The molecule has 0 aliphatic heterocycles. The molecule has 0 spiro atoms. The largest absolute Gasteiger partial charge is 0.262 e. The van der Waals surface area contributed by atoms with Gasteiger partial charge in [0.15, 0.2) is 5.82 Å². The molecule has 0 amide bonds. The topological polar surface area (TPSA) is 25.8 Å². The minimum Gasteiger partial charge on any atom is -0.219 e. The van der Waals surface area contributed by atoms with E-state index in [0.717, 1.165) is 5.56 Å². The molecular formula is C13H12F2N2S. The standard InChI is InChI=1S/C13H12F2N2S/c1-2-9-10(13(9,14)15)11-16-12(18-17-11)8-6-4-3-5-7-8/h3-7,9-10H,2H2,1H3/t9-,10+/m1/s1. The van der Waals surface area contributed by atoms with Gasteiger partial charge in [-0.2, -0.15) is 4.37 Å². The Labute approximate surface area is 108 Å². The molecule has 1 aromatic heterocycles. The summed E-state index contributed by atoms with van der Waals surface area (Å²) in [6, 6.07) is 9.53. The predicted molar refractivity (Wildman–Crippen MR) is 66.8 cm³/mol. The van der Waals surface area contributed by atoms with Crippen molar-refractivity contribution in [3.8, 4) is 10.6 Å². The van der Waals surface area contributed by atoms with Crippen molar-refractivity contribution in [2.75, 3.05) is 0 Å². The molecule has 94 valence electrons. The van der Waals surface area contributed by atoms with E-state index in [1.165, 1.54) is 11.5 Å². The average Bonchev–Trinajstić information content (AvgIpc) is 2.77. The maximum absolute atomic E-state index is 13.5. The normalized spacial score (nSPS) is 25.1. The summed E-state index contributed by atoms with van der Waals surface area (Å²) in [5.74, 6) is -3.69. The van der Waals surface area contributed by atoms with Crippen molar-refractivity contribution in [3.05, 3.63) is 36.2 Å². The minimum absolute atomic E-state index is 0.302. The Bertz CT molecular complexity index is 553. The van der Waals surface area contributed by atoms with Crippen LogP contribution < -0.4 is 0 Å². The lowest BCUT2D eigenvalue weighted by Gasteiger charge is -1.92. The van der Waals surface area contributed by atoms with Gasteiger partial charge in [0, 0.05) is 11.5 Å². The molecule has 1 saturated carbocycles. The highest BCUT2D eigenvalue weighted by Gasteiger charge is 2.69. The van der Waals surface area contributed by atoms with Crippen molar-refractivity contribution in [2.24, 2.45) is 5.92 Å². The highest BCUT2D eigenvalue weighted by molar-refractivity contribution is 7.09. The number of hydrogen-bond donors (Lipinski definition) is 0. The third kappa shape index (κ3) is 1.73. The van der Waals surface area contributed by atoms with Gasteiger partial charge in [0.25, 0.3) is 5.92 Å². The molecule has 1 heterocycles. The second kappa shape index (κ2) is 4.09. The van der Waals surface area contributed by atoms with E-state index < -0.39 is 17.8 Å². The van der Waals surface area contributed by atoms with E-state index in [4.69, 9.17) is 0 Å². The van der Waals surface area contributed by atoms with Gasteiger partial charge in [0.2, 0.25) is 0 Å². The van der Waals surface area contributed by atoms with Crippen LogP contribution in [0.4, 0.5) is 8.78 Å². The molecule has 1 fully saturated rings. The Hall–Kier alpha value is -1.36. The monoisotopic (exact) mass is 266 g/mol. The Balaban J connectivity index is 1.88. The number of halogens is 2. The number of aromatic nitrogens is 2. The molecule has 0 N–H and O–H groups in total. The summed E-state index contributed by atoms with van der Waals surface area (Å²) in [5, 5.41) is 0.711. The zero-order valence-corrected chi connectivity index (χ0v) is 10.6. The molecule has 0 bridgehead atoms. The maximum Gasteiger partial charge on any atom is 0.262 e. The second-order valence-corrected chi connectivity index (χ2v) is 5.24. The van der Waals surface area contributed by atoms with E-state index in [0.29, 0.717) is 17.3 Å². The highest BCUT2D eigenvalue weighted by Crippen LogP contribution is 2.62. The van der Waals surface area contributed by atoms with E-state index in [1.54, 1.807) is 6.92 Å². The Morgan fingerprint density at radius 2 is 2.00 bits per heavy atom. The van der Waals surface area contributed by atoms with Crippen molar-refractivity contribution in [1.29, 1.82) is 0 Å². The molecule has 0 radical (unpaired) electrons. The first-order valence-electron chi connectivity index (χ1n) is 5.91. The molecule has 1 aromatic carbocycles. The fraction of sp³-hybridized carbons (Fsp3) is 0.385. The number of rotatable bonds is 3. The van der Waals surface area contributed by atoms with E-state index >= 15 is 0 Å². The molecule has 0 unspecified atom stereocenters. The lowest BCUT2D eigenvalue weighted by atomic mass is 10.2. The summed E-state index contributed by atoms with van der Waals surface area (Å²) in [6.07, 6.45) is 0.470. The fourth-order valence-corrected chi connectivity index (χ4v) is 3.02. The Kier molecular flexibility index (Phi) is 2.66. The first-order valence-corrected chi connectivity index (χ1v) is 6.68. The third-order valence-electron chi connectivity index (χ3n) is 3.38. The van der Waals surface area contributed by atoms with Gasteiger partial charge in [0.1, 0.15) is 5.01 Å². The molecule has 1 aliphatic carbocycles. The zero-order chi connectivity index (χ0) is 12.8. The summed E-state index contributed by atoms with van der Waals surface area (Å²) in [7, 11) is 0. The Morgan fingerprint density at radius 1 is 1.28 bits per heavy atom. The molecular weight excluding hydrogens is 254 g/mol. The lowest BCUT2D eigenvalue weighted by Crippen LogP contribution is -1.95. The summed E-state index contributed by atoms with van der Waals surface area (Å²) in [5.41, 5.74) is 0.929. The van der Waals surface area contributed by atoms with Crippen molar-refractivity contribution < 1.29 is 8.78 Å². The van der Waals surface area contributed by atoms with Crippen LogP contribution in [0.5, 0.6) is 0 Å². The number of alkyl halides is 2. The zero-order valence-electron chi connectivity index (χ0n) is 9.81. The highest BCUT2D eigenvalue weighted by atomic mass is 32.1. The van der Waals surface area contributed by atoms with Gasteiger partial charge < -0.3 is 0 Å². The van der Waals surface area contributed by atoms with Crippen LogP contribution in [0.3, 0.4) is 0 Å². The van der Waals surface area contributed by atoms with Gasteiger partial charge in [-0.15, -0.1) is 0 Å². The minimum atomic E-state index is -2.62. The number of nitrogens with zero attached hydrogens (tertiary/aromatic N) is 2. The van der Waals surface area contributed by atoms with Crippen molar-refractivity contribution in [2.45, 2.75) is 25.2 Å². The SMILES string of the molecule is CC[C@@H]1[C@@H](c2nsc(-c3ccccc3)n2)C1(F)F. The van der Waals surface area contributed by atoms with Crippen LogP contribution in [0.2, 0.25) is 0 Å². The quantitative estimate of drug-likeness (QED) is 0.840. The smallest absolute Gasteiger partial charge is 0.219 e. The molecule has 18 heavy (non-hydrogen) atoms. The lowest BCUT2D eigenvalue weighted by molar-refractivity contribution is 0.0919. The van der Waals surface area contributed by atoms with E-state index in [-0.39, 0.29) is 0 Å². The predicted octanol–water partition coefficient (Wildman–Crippen LogP) is 3.96. The molecule has 1 aliphatic rings. The summed E-state index contributed by atoms with van der Waals surface area (Å²) >= 11 is 1.19. The molecule has 5 heteroatoms. The summed E-state index contributed by atoms with van der Waals surface area (Å²) < 4.78 is 31.1. The van der Waals surface area contributed by atoms with Gasteiger partial charge >= 0.3 is 0 Å². The number of hydrogen-bond acceptors (Lipinski definition) is 3. The van der Waals surface area contributed by atoms with Crippen LogP contribution in [0.1, 0.15) is 25.1 Å². The molecule has 2 nitrogen and oxygen atoms in total. The molecule has 2 aromatic rings. The number of benzene rings is 1. The van der Waals surface area contributed by atoms with Crippen molar-refractivity contribution >= 4 is 11.5 Å². The molecule has 2 atom stereocenters. The van der Waals surface area contributed by atoms with Crippen LogP contribution in [0.15, 0.2) is 30.3 Å². The van der Waals surface area contributed by atoms with Crippen LogP contribution >= 0.6 is 11.5 Å². The van der Waals surface area contributed by atoms with E-state index in [1.807, 2.05) is 30.3 Å². The maximum atomic E-state index is 13.5. The van der Waals surface area contributed by atoms with Gasteiger partial charge in [-0.1, -0.05) is 37.3 Å². The van der Waals surface area contributed by atoms with Crippen molar-refractivity contribution in [3.63, 3.8) is 0 Å². The third-order valence-corrected chi connectivity index (χ3v) is 4.16. The second-order valence-electron chi connectivity index (χ2n) is 4.49. The van der Waals surface area contributed by atoms with Gasteiger partial charge in [-0.25, -0.2) is 13.8 Å². The fourth-order valence-electron chi connectivity index (χ4n) is 2.31. The van der Waals surface area contributed by atoms with E-state index in [2.05, 4.69) is 9.36 Å². The molecule has 0 saturated heterocycles. The average molecular weight is 266 g/mol. The van der Waals surface area contributed by atoms with Crippen LogP contribution in [0.25, 0.3) is 10.6 Å². The van der Waals surface area contributed by atoms with Crippen LogP contribution in [-0.4, -0.2) is 15.3 Å². The van der Waals surface area contributed by atoms with Crippen LogP contribution in [0, 0.1) is 5.92 Å². The van der Waals surface area contributed by atoms with Gasteiger partial charge in [-0.05, 0) is 18.0 Å². The first-order chi connectivity index (χ1) is 8.64. The summed E-state index contributed by atoms with van der Waals surface area (Å²) in [6.45, 7) is 1.78. The Morgan fingerprint density at radius 3 is 2.61 bits per heavy atom. The van der Waals surface area contributed by atoms with Gasteiger partial charge in [-0.3, -0.25) is 0 Å². The molecule has 3 rings (SSSR count). The summed E-state index contributed by atoms with van der Waals surface area (Å²) in [4.78, 5) is 4.26.